The quantitative estimate of drug-likeness (QED) is 0.523. The predicted molar refractivity (Wildman–Crippen MR) is 95.6 cm³/mol. The van der Waals surface area contributed by atoms with Crippen LogP contribution in [0.5, 0.6) is 5.75 Å². The molecule has 2 aromatic carbocycles. The molecule has 0 atom stereocenters. The lowest BCUT2D eigenvalue weighted by molar-refractivity contribution is -0.384. The standard InChI is InChI=1S/C18H19N3O4/c1-13(22)14-2-7-17(18(12-14)21(24)25)20-10-8-19(9-11-20)15-3-5-16(23)6-4-15/h2-7,12,23H,8-11H2,1H3. The van der Waals surface area contributed by atoms with E-state index in [-0.39, 0.29) is 17.2 Å². The van der Waals surface area contributed by atoms with Gasteiger partial charge in [-0.15, -0.1) is 0 Å². The number of hydrogen-bond donors (Lipinski definition) is 1. The molecule has 2 aromatic rings. The molecule has 130 valence electrons. The Kier molecular flexibility index (Phi) is 4.56. The Bertz CT molecular complexity index is 796. The van der Waals surface area contributed by atoms with Crippen LogP contribution >= 0.6 is 0 Å². The fourth-order valence-corrected chi connectivity index (χ4v) is 3.03. The Morgan fingerprint density at radius 2 is 1.64 bits per heavy atom. The Morgan fingerprint density at radius 3 is 2.20 bits per heavy atom. The smallest absolute Gasteiger partial charge is 0.293 e. The molecule has 1 heterocycles. The maximum absolute atomic E-state index is 11.5. The van der Waals surface area contributed by atoms with E-state index in [1.807, 2.05) is 17.0 Å². The molecule has 7 heteroatoms. The number of aromatic hydroxyl groups is 1. The maximum Gasteiger partial charge on any atom is 0.293 e. The van der Waals surface area contributed by atoms with Crippen LogP contribution in [0, 0.1) is 10.1 Å². The van der Waals surface area contributed by atoms with Crippen LogP contribution in [0.2, 0.25) is 0 Å². The highest BCUT2D eigenvalue weighted by molar-refractivity contribution is 5.95. The number of carbonyl (C=O) groups excluding carboxylic acids is 1. The summed E-state index contributed by atoms with van der Waals surface area (Å²) in [6, 6.07) is 11.6. The van der Waals surface area contributed by atoms with Crippen molar-refractivity contribution in [3.05, 3.63) is 58.1 Å². The molecular formula is C18H19N3O4. The van der Waals surface area contributed by atoms with E-state index in [0.717, 1.165) is 18.8 Å². The summed E-state index contributed by atoms with van der Waals surface area (Å²) in [5, 5.41) is 20.8. The molecule has 3 rings (SSSR count). The van der Waals surface area contributed by atoms with E-state index in [1.54, 1.807) is 24.3 Å². The zero-order chi connectivity index (χ0) is 18.0. The minimum absolute atomic E-state index is 0.0363. The summed E-state index contributed by atoms with van der Waals surface area (Å²) in [5.74, 6) is 0.0374. The minimum Gasteiger partial charge on any atom is -0.508 e. The van der Waals surface area contributed by atoms with Crippen molar-refractivity contribution in [1.29, 1.82) is 0 Å². The van der Waals surface area contributed by atoms with E-state index >= 15 is 0 Å². The van der Waals surface area contributed by atoms with E-state index in [2.05, 4.69) is 4.90 Å². The van der Waals surface area contributed by atoms with Crippen molar-refractivity contribution in [1.82, 2.24) is 0 Å². The number of carbonyl (C=O) groups is 1. The molecule has 1 saturated heterocycles. The lowest BCUT2D eigenvalue weighted by Gasteiger charge is -2.37. The molecule has 1 N–H and O–H groups in total. The van der Waals surface area contributed by atoms with Gasteiger partial charge in [0.15, 0.2) is 5.78 Å². The van der Waals surface area contributed by atoms with Gasteiger partial charge in [-0.05, 0) is 43.3 Å². The molecule has 0 aromatic heterocycles. The fraction of sp³-hybridized carbons (Fsp3) is 0.278. The van der Waals surface area contributed by atoms with E-state index in [4.69, 9.17) is 0 Å². The van der Waals surface area contributed by atoms with E-state index in [9.17, 15) is 20.0 Å². The number of ketones is 1. The molecule has 7 nitrogen and oxygen atoms in total. The topological polar surface area (TPSA) is 86.9 Å². The summed E-state index contributed by atoms with van der Waals surface area (Å²) in [6.45, 7) is 4.12. The van der Waals surface area contributed by atoms with Crippen LogP contribution in [-0.2, 0) is 0 Å². The van der Waals surface area contributed by atoms with Crippen LogP contribution in [-0.4, -0.2) is 42.0 Å². The number of benzene rings is 2. The normalized spacial score (nSPS) is 14.4. The lowest BCUT2D eigenvalue weighted by Crippen LogP contribution is -2.46. The molecule has 1 fully saturated rings. The van der Waals surface area contributed by atoms with Crippen molar-refractivity contribution < 1.29 is 14.8 Å². The molecule has 0 saturated carbocycles. The molecule has 0 amide bonds. The van der Waals surface area contributed by atoms with E-state index in [1.165, 1.54) is 13.0 Å². The summed E-state index contributed by atoms with van der Waals surface area (Å²) in [5.41, 5.74) is 1.86. The Labute approximate surface area is 145 Å². The highest BCUT2D eigenvalue weighted by Crippen LogP contribution is 2.31. The van der Waals surface area contributed by atoms with Crippen LogP contribution in [0.1, 0.15) is 17.3 Å². The number of anilines is 2. The second kappa shape index (κ2) is 6.80. The summed E-state index contributed by atoms with van der Waals surface area (Å²) in [7, 11) is 0. The fourth-order valence-electron chi connectivity index (χ4n) is 3.03. The molecule has 0 radical (unpaired) electrons. The van der Waals surface area contributed by atoms with Crippen LogP contribution in [0.15, 0.2) is 42.5 Å². The first-order valence-electron chi connectivity index (χ1n) is 8.04. The van der Waals surface area contributed by atoms with Gasteiger partial charge in [-0.2, -0.15) is 0 Å². The third-order valence-corrected chi connectivity index (χ3v) is 4.41. The molecule has 0 aliphatic carbocycles. The second-order valence-electron chi connectivity index (χ2n) is 6.01. The number of hydrogen-bond acceptors (Lipinski definition) is 6. The summed E-state index contributed by atoms with van der Waals surface area (Å²) >= 11 is 0. The van der Waals surface area contributed by atoms with Gasteiger partial charge in [0.1, 0.15) is 11.4 Å². The van der Waals surface area contributed by atoms with Crippen LogP contribution in [0.4, 0.5) is 17.1 Å². The molecule has 1 aliphatic heterocycles. The van der Waals surface area contributed by atoms with Crippen LogP contribution in [0.3, 0.4) is 0 Å². The van der Waals surface area contributed by atoms with Crippen LogP contribution < -0.4 is 9.80 Å². The number of phenols is 1. The van der Waals surface area contributed by atoms with Crippen LogP contribution in [0.25, 0.3) is 0 Å². The maximum atomic E-state index is 11.5. The molecule has 1 aliphatic rings. The number of nitro benzene ring substituents is 1. The molecule has 0 bridgehead atoms. The van der Waals surface area contributed by atoms with Gasteiger partial charge >= 0.3 is 0 Å². The van der Waals surface area contributed by atoms with Gasteiger partial charge in [-0.25, -0.2) is 0 Å². The molecule has 0 spiro atoms. The number of nitro groups is 1. The minimum atomic E-state index is -0.436. The number of rotatable bonds is 4. The predicted octanol–water partition coefficient (Wildman–Crippen LogP) is 2.83. The van der Waals surface area contributed by atoms with Gasteiger partial charge in [0, 0.05) is 43.5 Å². The van der Waals surface area contributed by atoms with Gasteiger partial charge in [-0.1, -0.05) is 0 Å². The Morgan fingerprint density at radius 1 is 1.04 bits per heavy atom. The van der Waals surface area contributed by atoms with Crippen molar-refractivity contribution in [3.8, 4) is 5.75 Å². The first-order valence-corrected chi connectivity index (χ1v) is 8.04. The third-order valence-electron chi connectivity index (χ3n) is 4.41. The monoisotopic (exact) mass is 341 g/mol. The summed E-state index contributed by atoms with van der Waals surface area (Å²) < 4.78 is 0. The van der Waals surface area contributed by atoms with Crippen molar-refractivity contribution in [2.24, 2.45) is 0 Å². The third kappa shape index (κ3) is 3.55. The average Bonchev–Trinajstić information content (AvgIpc) is 2.62. The number of piperazine rings is 1. The molecule has 25 heavy (non-hydrogen) atoms. The summed E-state index contributed by atoms with van der Waals surface area (Å²) in [6.07, 6.45) is 0. The zero-order valence-electron chi connectivity index (χ0n) is 13.9. The molecule has 0 unspecified atom stereocenters. The first-order chi connectivity index (χ1) is 12.0. The lowest BCUT2D eigenvalue weighted by atomic mass is 10.1. The SMILES string of the molecule is CC(=O)c1ccc(N2CCN(c3ccc(O)cc3)CC2)c([N+](=O)[O-])c1. The van der Waals surface area contributed by atoms with Crippen molar-refractivity contribution in [2.75, 3.05) is 36.0 Å². The van der Waals surface area contributed by atoms with E-state index < -0.39 is 4.92 Å². The zero-order valence-corrected chi connectivity index (χ0v) is 13.9. The van der Waals surface area contributed by atoms with Gasteiger partial charge in [0.05, 0.1) is 4.92 Å². The van der Waals surface area contributed by atoms with Crippen molar-refractivity contribution in [3.63, 3.8) is 0 Å². The number of phenolic OH excluding ortho intramolecular Hbond substituents is 1. The molecular weight excluding hydrogens is 322 g/mol. The Balaban J connectivity index is 1.77. The highest BCUT2D eigenvalue weighted by atomic mass is 16.6. The summed E-state index contributed by atoms with van der Waals surface area (Å²) in [4.78, 5) is 26.6. The average molecular weight is 341 g/mol. The first kappa shape index (κ1) is 16.8. The Hall–Kier alpha value is -3.09. The van der Waals surface area contributed by atoms with Gasteiger partial charge in [-0.3, -0.25) is 14.9 Å². The van der Waals surface area contributed by atoms with Crippen molar-refractivity contribution in [2.45, 2.75) is 6.92 Å². The number of nitrogens with zero attached hydrogens (tertiary/aromatic N) is 3. The number of Topliss-reactive ketones (excluding diaryl/α,β-unsaturated/α-hetero) is 1. The largest absolute Gasteiger partial charge is 0.508 e. The second-order valence-corrected chi connectivity index (χ2v) is 6.01. The van der Waals surface area contributed by atoms with Gasteiger partial charge in [0.2, 0.25) is 0 Å². The van der Waals surface area contributed by atoms with Crippen molar-refractivity contribution >= 4 is 22.8 Å². The van der Waals surface area contributed by atoms with Gasteiger partial charge in [0.25, 0.3) is 5.69 Å². The highest BCUT2D eigenvalue weighted by Gasteiger charge is 2.24. The van der Waals surface area contributed by atoms with E-state index in [0.29, 0.717) is 24.3 Å². The van der Waals surface area contributed by atoms with Gasteiger partial charge < -0.3 is 14.9 Å².